The van der Waals surface area contributed by atoms with Gasteiger partial charge in [-0.25, -0.2) is 9.97 Å². The van der Waals surface area contributed by atoms with Crippen molar-refractivity contribution < 1.29 is 9.59 Å². The Balaban J connectivity index is 2.15. The minimum Gasteiger partial charge on any atom is -0.335 e. The molecule has 0 saturated carbocycles. The number of hydrogen-bond acceptors (Lipinski definition) is 5. The van der Waals surface area contributed by atoms with Crippen molar-refractivity contribution in [3.05, 3.63) is 23.8 Å². The average Bonchev–Trinajstić information content (AvgIpc) is 2.39. The van der Waals surface area contributed by atoms with Gasteiger partial charge in [-0.15, -0.1) is 0 Å². The Kier molecular flexibility index (Phi) is 3.21. The van der Waals surface area contributed by atoms with Crippen LogP contribution in [0.15, 0.2) is 12.3 Å². The van der Waals surface area contributed by atoms with Gasteiger partial charge in [-0.1, -0.05) is 0 Å². The third kappa shape index (κ3) is 2.22. The molecule has 2 rings (SSSR count). The molecule has 0 aliphatic carbocycles. The van der Waals surface area contributed by atoms with Gasteiger partial charge < -0.3 is 10.2 Å². The van der Waals surface area contributed by atoms with Crippen LogP contribution in [0.4, 0.5) is 0 Å². The molecule has 1 aromatic heterocycles. The van der Waals surface area contributed by atoms with E-state index in [0.29, 0.717) is 19.4 Å². The van der Waals surface area contributed by atoms with Crippen molar-refractivity contribution in [3.63, 3.8) is 0 Å². The number of carbonyl (C=O) groups excluding carboxylic acids is 2. The molecule has 1 aliphatic heterocycles. The SMILES string of the molecule is O=Cc1nccc(C(=O)N2CCNCC2)n1. The highest BCUT2D eigenvalue weighted by molar-refractivity contribution is 5.92. The molecule has 0 spiro atoms. The van der Waals surface area contributed by atoms with Gasteiger partial charge in [0.2, 0.25) is 0 Å². The van der Waals surface area contributed by atoms with Crippen LogP contribution in [0.25, 0.3) is 0 Å². The van der Waals surface area contributed by atoms with E-state index >= 15 is 0 Å². The third-order valence-corrected chi connectivity index (χ3v) is 2.40. The fraction of sp³-hybridized carbons (Fsp3) is 0.400. The molecule has 0 radical (unpaired) electrons. The van der Waals surface area contributed by atoms with Crippen molar-refractivity contribution in [2.75, 3.05) is 26.2 Å². The highest BCUT2D eigenvalue weighted by Gasteiger charge is 2.19. The summed E-state index contributed by atoms with van der Waals surface area (Å²) in [5.74, 6) is -0.104. The average molecular weight is 220 g/mol. The van der Waals surface area contributed by atoms with Crippen molar-refractivity contribution >= 4 is 12.2 Å². The molecular formula is C10H12N4O2. The largest absolute Gasteiger partial charge is 0.335 e. The Morgan fingerprint density at radius 1 is 1.44 bits per heavy atom. The molecular weight excluding hydrogens is 208 g/mol. The maximum atomic E-state index is 12.0. The first-order valence-electron chi connectivity index (χ1n) is 5.09. The molecule has 84 valence electrons. The zero-order valence-electron chi connectivity index (χ0n) is 8.72. The van der Waals surface area contributed by atoms with Gasteiger partial charge in [0.1, 0.15) is 5.69 Å². The lowest BCUT2D eigenvalue weighted by molar-refractivity contribution is 0.0729. The first kappa shape index (κ1) is 10.7. The maximum Gasteiger partial charge on any atom is 0.272 e. The smallest absolute Gasteiger partial charge is 0.272 e. The van der Waals surface area contributed by atoms with Gasteiger partial charge in [-0.05, 0) is 6.07 Å². The van der Waals surface area contributed by atoms with Crippen LogP contribution in [-0.4, -0.2) is 53.2 Å². The van der Waals surface area contributed by atoms with Crippen LogP contribution in [0.1, 0.15) is 21.1 Å². The number of amides is 1. The minimum atomic E-state index is -0.146. The molecule has 1 aliphatic rings. The molecule has 1 N–H and O–H groups in total. The highest BCUT2D eigenvalue weighted by atomic mass is 16.2. The first-order valence-corrected chi connectivity index (χ1v) is 5.09. The van der Waals surface area contributed by atoms with E-state index in [-0.39, 0.29) is 17.4 Å². The number of rotatable bonds is 2. The molecule has 0 atom stereocenters. The molecule has 1 fully saturated rings. The fourth-order valence-electron chi connectivity index (χ4n) is 1.58. The van der Waals surface area contributed by atoms with Crippen molar-refractivity contribution in [1.82, 2.24) is 20.2 Å². The van der Waals surface area contributed by atoms with Gasteiger partial charge in [-0.3, -0.25) is 9.59 Å². The van der Waals surface area contributed by atoms with E-state index in [1.807, 2.05) is 0 Å². The Bertz CT molecular complexity index is 402. The molecule has 1 amide bonds. The molecule has 6 heteroatoms. The number of hydrogen-bond donors (Lipinski definition) is 1. The lowest BCUT2D eigenvalue weighted by Crippen LogP contribution is -2.46. The Labute approximate surface area is 92.7 Å². The minimum absolute atomic E-state index is 0.0426. The summed E-state index contributed by atoms with van der Waals surface area (Å²) in [7, 11) is 0. The second-order valence-corrected chi connectivity index (χ2v) is 3.46. The maximum absolute atomic E-state index is 12.0. The van der Waals surface area contributed by atoms with Gasteiger partial charge in [0.25, 0.3) is 5.91 Å². The zero-order valence-corrected chi connectivity index (χ0v) is 8.72. The van der Waals surface area contributed by atoms with Crippen molar-refractivity contribution in [1.29, 1.82) is 0 Å². The second kappa shape index (κ2) is 4.80. The van der Waals surface area contributed by atoms with Crippen LogP contribution in [-0.2, 0) is 0 Å². The summed E-state index contributed by atoms with van der Waals surface area (Å²) < 4.78 is 0. The standard InChI is InChI=1S/C10H12N4O2/c15-7-9-12-2-1-8(13-9)10(16)14-5-3-11-4-6-14/h1-2,7,11H,3-6H2. The summed E-state index contributed by atoms with van der Waals surface area (Å²) in [5, 5.41) is 3.16. The Hall–Kier alpha value is -1.82. The Morgan fingerprint density at radius 2 is 2.19 bits per heavy atom. The summed E-state index contributed by atoms with van der Waals surface area (Å²) in [6.45, 7) is 2.91. The highest BCUT2D eigenvalue weighted by Crippen LogP contribution is 2.02. The summed E-state index contributed by atoms with van der Waals surface area (Å²) in [6.07, 6.45) is 1.96. The number of nitrogens with zero attached hydrogens (tertiary/aromatic N) is 3. The molecule has 0 unspecified atom stereocenters. The summed E-state index contributed by atoms with van der Waals surface area (Å²) >= 11 is 0. The summed E-state index contributed by atoms with van der Waals surface area (Å²) in [5.41, 5.74) is 0.277. The van der Waals surface area contributed by atoms with E-state index in [0.717, 1.165) is 13.1 Å². The molecule has 1 saturated heterocycles. The summed E-state index contributed by atoms with van der Waals surface area (Å²) in [6, 6.07) is 1.53. The van der Waals surface area contributed by atoms with Gasteiger partial charge >= 0.3 is 0 Å². The first-order chi connectivity index (χ1) is 7.81. The molecule has 2 heterocycles. The van der Waals surface area contributed by atoms with E-state index in [2.05, 4.69) is 15.3 Å². The monoisotopic (exact) mass is 220 g/mol. The zero-order chi connectivity index (χ0) is 11.4. The van der Waals surface area contributed by atoms with E-state index in [1.165, 1.54) is 12.3 Å². The van der Waals surface area contributed by atoms with Crippen LogP contribution in [0, 0.1) is 0 Å². The predicted molar refractivity (Wildman–Crippen MR) is 56.2 cm³/mol. The second-order valence-electron chi connectivity index (χ2n) is 3.46. The van der Waals surface area contributed by atoms with Crippen LogP contribution < -0.4 is 5.32 Å². The van der Waals surface area contributed by atoms with Gasteiger partial charge in [0.15, 0.2) is 12.1 Å². The van der Waals surface area contributed by atoms with E-state index < -0.39 is 0 Å². The molecule has 0 bridgehead atoms. The number of piperazine rings is 1. The van der Waals surface area contributed by atoms with Crippen molar-refractivity contribution in [3.8, 4) is 0 Å². The van der Waals surface area contributed by atoms with Gasteiger partial charge in [0, 0.05) is 32.4 Å². The van der Waals surface area contributed by atoms with Crippen LogP contribution >= 0.6 is 0 Å². The summed E-state index contributed by atoms with van der Waals surface area (Å²) in [4.78, 5) is 31.8. The van der Waals surface area contributed by atoms with E-state index in [9.17, 15) is 9.59 Å². The van der Waals surface area contributed by atoms with Gasteiger partial charge in [0.05, 0.1) is 0 Å². The molecule has 6 nitrogen and oxygen atoms in total. The molecule has 0 aromatic carbocycles. The van der Waals surface area contributed by atoms with Crippen molar-refractivity contribution in [2.45, 2.75) is 0 Å². The lowest BCUT2D eigenvalue weighted by Gasteiger charge is -2.26. The van der Waals surface area contributed by atoms with Crippen LogP contribution in [0.3, 0.4) is 0 Å². The number of nitrogens with one attached hydrogen (secondary N) is 1. The number of aldehydes is 1. The topological polar surface area (TPSA) is 75.2 Å². The van der Waals surface area contributed by atoms with E-state index in [4.69, 9.17) is 0 Å². The van der Waals surface area contributed by atoms with Crippen LogP contribution in [0.2, 0.25) is 0 Å². The third-order valence-electron chi connectivity index (χ3n) is 2.40. The molecule has 16 heavy (non-hydrogen) atoms. The van der Waals surface area contributed by atoms with Crippen LogP contribution in [0.5, 0.6) is 0 Å². The number of aromatic nitrogens is 2. The van der Waals surface area contributed by atoms with E-state index in [1.54, 1.807) is 4.90 Å². The lowest BCUT2D eigenvalue weighted by atomic mass is 10.3. The Morgan fingerprint density at radius 3 is 2.88 bits per heavy atom. The number of carbonyl (C=O) groups is 2. The fourth-order valence-corrected chi connectivity index (χ4v) is 1.58. The van der Waals surface area contributed by atoms with Crippen molar-refractivity contribution in [2.24, 2.45) is 0 Å². The quantitative estimate of drug-likeness (QED) is 0.669. The predicted octanol–water partition coefficient (Wildman–Crippen LogP) is -0.666. The normalized spacial score (nSPS) is 15.9. The molecule has 1 aromatic rings. The van der Waals surface area contributed by atoms with Gasteiger partial charge in [-0.2, -0.15) is 0 Å².